The molecule has 0 spiro atoms. The molecule has 0 aliphatic carbocycles. The number of carbonyl (C=O) groups excluding carboxylic acids is 3. The van der Waals surface area contributed by atoms with Gasteiger partial charge in [-0.3, -0.25) is 14.4 Å². The van der Waals surface area contributed by atoms with E-state index in [1.807, 2.05) is 66.2 Å². The Morgan fingerprint density at radius 2 is 1.93 bits per heavy atom. The van der Waals surface area contributed by atoms with Gasteiger partial charge >= 0.3 is 0 Å². The smallest absolute Gasteiger partial charge is 0.247 e. The number of hydrogen-bond donors (Lipinski definition) is 2. The average molecular weight is 404 g/mol. The molecule has 1 aromatic heterocycles. The molecule has 1 aliphatic rings. The van der Waals surface area contributed by atoms with Crippen molar-refractivity contribution in [2.45, 2.75) is 26.4 Å². The van der Waals surface area contributed by atoms with Crippen LogP contribution in [-0.4, -0.2) is 40.3 Å². The van der Waals surface area contributed by atoms with Crippen molar-refractivity contribution < 1.29 is 14.4 Å². The van der Waals surface area contributed by atoms with Gasteiger partial charge < -0.3 is 20.1 Å². The first-order valence-corrected chi connectivity index (χ1v) is 9.94. The molecule has 7 nitrogen and oxygen atoms in total. The van der Waals surface area contributed by atoms with E-state index in [2.05, 4.69) is 10.6 Å². The highest BCUT2D eigenvalue weighted by Crippen LogP contribution is 2.28. The third-order valence-corrected chi connectivity index (χ3v) is 5.45. The molecular formula is C23H24N4O3. The quantitative estimate of drug-likeness (QED) is 0.701. The zero-order valence-electron chi connectivity index (χ0n) is 17.0. The zero-order valence-corrected chi connectivity index (χ0v) is 17.0. The number of carbonyl (C=O) groups is 3. The monoisotopic (exact) mass is 404 g/mol. The van der Waals surface area contributed by atoms with Crippen molar-refractivity contribution in [2.75, 3.05) is 18.4 Å². The molecule has 2 N–H and O–H groups in total. The predicted molar refractivity (Wildman–Crippen MR) is 115 cm³/mol. The molecule has 0 saturated carbocycles. The van der Waals surface area contributed by atoms with E-state index in [0.717, 1.165) is 22.0 Å². The molecule has 4 rings (SSSR count). The lowest BCUT2D eigenvalue weighted by molar-refractivity contribution is -0.144. The summed E-state index contributed by atoms with van der Waals surface area (Å²) in [7, 11) is 0. The Kier molecular flexibility index (Phi) is 5.27. The van der Waals surface area contributed by atoms with Gasteiger partial charge in [-0.25, -0.2) is 0 Å². The maximum Gasteiger partial charge on any atom is 0.247 e. The molecule has 1 fully saturated rings. The molecule has 7 heteroatoms. The van der Waals surface area contributed by atoms with Gasteiger partial charge in [-0.2, -0.15) is 0 Å². The summed E-state index contributed by atoms with van der Waals surface area (Å²) >= 11 is 0. The lowest BCUT2D eigenvalue weighted by Gasteiger charge is -2.36. The number of fused-ring (bicyclic) bond motifs is 1. The van der Waals surface area contributed by atoms with Crippen LogP contribution in [0.25, 0.3) is 10.9 Å². The normalized spacial score (nSPS) is 16.4. The van der Waals surface area contributed by atoms with E-state index < -0.39 is 6.04 Å². The highest BCUT2D eigenvalue weighted by molar-refractivity contribution is 6.01. The molecule has 1 aliphatic heterocycles. The van der Waals surface area contributed by atoms with Gasteiger partial charge in [0.1, 0.15) is 12.6 Å². The summed E-state index contributed by atoms with van der Waals surface area (Å²) in [5.74, 6) is -0.429. The Labute approximate surface area is 174 Å². The number of nitrogens with one attached hydrogen (secondary N) is 2. The topological polar surface area (TPSA) is 83.4 Å². The van der Waals surface area contributed by atoms with Gasteiger partial charge in [0.2, 0.25) is 17.7 Å². The number of nitrogens with zero attached hydrogens (tertiary/aromatic N) is 2. The van der Waals surface area contributed by atoms with Gasteiger partial charge in [0.25, 0.3) is 0 Å². The molecule has 0 radical (unpaired) electrons. The van der Waals surface area contributed by atoms with E-state index >= 15 is 0 Å². The molecule has 1 saturated heterocycles. The van der Waals surface area contributed by atoms with Crippen LogP contribution in [0.5, 0.6) is 0 Å². The molecule has 1 atom stereocenters. The van der Waals surface area contributed by atoms with Crippen LogP contribution < -0.4 is 10.6 Å². The Morgan fingerprint density at radius 1 is 1.13 bits per heavy atom. The Hall–Kier alpha value is -3.61. The van der Waals surface area contributed by atoms with Crippen LogP contribution in [0.1, 0.15) is 24.1 Å². The molecule has 3 aromatic rings. The van der Waals surface area contributed by atoms with E-state index in [-0.39, 0.29) is 24.3 Å². The molecule has 2 aromatic carbocycles. The summed E-state index contributed by atoms with van der Waals surface area (Å²) in [5, 5.41) is 6.56. The number of aryl methyl sites for hydroxylation is 1. The number of amides is 3. The average Bonchev–Trinajstić information content (AvgIpc) is 3.12. The number of hydrogen-bond acceptors (Lipinski definition) is 3. The summed E-state index contributed by atoms with van der Waals surface area (Å²) in [6.45, 7) is 4.42. The first-order valence-electron chi connectivity index (χ1n) is 9.94. The van der Waals surface area contributed by atoms with Crippen molar-refractivity contribution in [1.82, 2.24) is 14.8 Å². The van der Waals surface area contributed by atoms with Crippen molar-refractivity contribution in [1.29, 1.82) is 0 Å². The van der Waals surface area contributed by atoms with Crippen LogP contribution in [-0.2, 0) is 20.9 Å². The maximum absolute atomic E-state index is 13.3. The number of piperazine rings is 1. The number of benzene rings is 2. The molecule has 3 amide bonds. The first-order chi connectivity index (χ1) is 14.5. The Morgan fingerprint density at radius 3 is 2.70 bits per heavy atom. The SMILES string of the molecule is CC(=O)Nc1cccc2c1ccn2CC(=O)N1CCNC(=O)C1c1ccccc1C. The van der Waals surface area contributed by atoms with Crippen LogP contribution >= 0.6 is 0 Å². The summed E-state index contributed by atoms with van der Waals surface area (Å²) in [5.41, 5.74) is 3.38. The van der Waals surface area contributed by atoms with Crippen LogP contribution in [0, 0.1) is 6.92 Å². The second-order valence-corrected chi connectivity index (χ2v) is 7.50. The van der Waals surface area contributed by atoms with Crippen molar-refractivity contribution in [3.8, 4) is 0 Å². The molecule has 0 bridgehead atoms. The third-order valence-electron chi connectivity index (χ3n) is 5.45. The summed E-state index contributed by atoms with van der Waals surface area (Å²) in [6, 6.07) is 14.5. The highest BCUT2D eigenvalue weighted by atomic mass is 16.2. The molecule has 1 unspecified atom stereocenters. The summed E-state index contributed by atoms with van der Waals surface area (Å²) < 4.78 is 1.85. The molecular weight excluding hydrogens is 380 g/mol. The minimum atomic E-state index is -0.635. The number of anilines is 1. The first kappa shape index (κ1) is 19.7. The summed E-state index contributed by atoms with van der Waals surface area (Å²) in [4.78, 5) is 39.1. The van der Waals surface area contributed by atoms with Gasteiger partial charge in [0.15, 0.2) is 0 Å². The van der Waals surface area contributed by atoms with E-state index in [1.54, 1.807) is 4.90 Å². The van der Waals surface area contributed by atoms with Crippen LogP contribution in [0.4, 0.5) is 5.69 Å². The minimum Gasteiger partial charge on any atom is -0.352 e. The second-order valence-electron chi connectivity index (χ2n) is 7.50. The fourth-order valence-corrected chi connectivity index (χ4v) is 4.03. The van der Waals surface area contributed by atoms with Crippen molar-refractivity contribution >= 4 is 34.3 Å². The van der Waals surface area contributed by atoms with Crippen molar-refractivity contribution in [3.63, 3.8) is 0 Å². The van der Waals surface area contributed by atoms with Crippen LogP contribution in [0.15, 0.2) is 54.7 Å². The lowest BCUT2D eigenvalue weighted by atomic mass is 9.97. The Bertz CT molecular complexity index is 1130. The number of aromatic nitrogens is 1. The van der Waals surface area contributed by atoms with Gasteiger partial charge in [-0.1, -0.05) is 30.3 Å². The summed E-state index contributed by atoms with van der Waals surface area (Å²) in [6.07, 6.45) is 1.83. The van der Waals surface area contributed by atoms with Crippen molar-refractivity contribution in [3.05, 3.63) is 65.9 Å². The van der Waals surface area contributed by atoms with Gasteiger partial charge in [-0.15, -0.1) is 0 Å². The van der Waals surface area contributed by atoms with Gasteiger partial charge in [-0.05, 0) is 36.2 Å². The maximum atomic E-state index is 13.3. The second kappa shape index (κ2) is 8.02. The minimum absolute atomic E-state index is 0.114. The van der Waals surface area contributed by atoms with Crippen LogP contribution in [0.3, 0.4) is 0 Å². The molecule has 2 heterocycles. The van der Waals surface area contributed by atoms with Crippen LogP contribution in [0.2, 0.25) is 0 Å². The standard InChI is InChI=1S/C23H24N4O3/c1-15-6-3-4-7-17(15)22-23(30)24-11-13-27(22)21(29)14-26-12-10-18-19(25-16(2)28)8-5-9-20(18)26/h3-10,12,22H,11,13-14H2,1-2H3,(H,24,30)(H,25,28). The van der Waals surface area contributed by atoms with Gasteiger partial charge in [0.05, 0.1) is 11.2 Å². The van der Waals surface area contributed by atoms with Crippen molar-refractivity contribution in [2.24, 2.45) is 0 Å². The van der Waals surface area contributed by atoms with E-state index in [1.165, 1.54) is 6.92 Å². The molecule has 30 heavy (non-hydrogen) atoms. The predicted octanol–water partition coefficient (Wildman–Crippen LogP) is 2.61. The van der Waals surface area contributed by atoms with E-state index in [0.29, 0.717) is 18.8 Å². The van der Waals surface area contributed by atoms with E-state index in [9.17, 15) is 14.4 Å². The fraction of sp³-hybridized carbons (Fsp3) is 0.261. The lowest BCUT2D eigenvalue weighted by Crippen LogP contribution is -2.53. The third kappa shape index (κ3) is 3.66. The largest absolute Gasteiger partial charge is 0.352 e. The Balaban J connectivity index is 1.63. The molecule has 154 valence electrons. The number of rotatable bonds is 4. The highest BCUT2D eigenvalue weighted by Gasteiger charge is 2.35. The van der Waals surface area contributed by atoms with Gasteiger partial charge in [0, 0.05) is 31.6 Å². The van der Waals surface area contributed by atoms with E-state index in [4.69, 9.17) is 0 Å². The zero-order chi connectivity index (χ0) is 21.3. The fourth-order valence-electron chi connectivity index (χ4n) is 4.03.